The lowest BCUT2D eigenvalue weighted by atomic mass is 10.1. The van der Waals surface area contributed by atoms with Gasteiger partial charge in [0.15, 0.2) is 6.23 Å². The summed E-state index contributed by atoms with van der Waals surface area (Å²) in [5, 5.41) is 55.4. The van der Waals surface area contributed by atoms with Crippen molar-refractivity contribution in [1.82, 2.24) is 9.55 Å². The fourth-order valence-electron chi connectivity index (χ4n) is 2.38. The number of nitrogens with two attached hydrogens (primary N) is 1. The van der Waals surface area contributed by atoms with Gasteiger partial charge in [-0.25, -0.2) is 4.79 Å². The van der Waals surface area contributed by atoms with Gasteiger partial charge in [0.1, 0.15) is 42.6 Å². The summed E-state index contributed by atoms with van der Waals surface area (Å²) in [5.74, 6) is 0.0537. The minimum absolute atomic E-state index is 0.0537. The van der Waals surface area contributed by atoms with Crippen LogP contribution in [0.4, 0.5) is 5.82 Å². The number of aliphatic hydroxyl groups is 6. The highest BCUT2D eigenvalue weighted by Gasteiger charge is 2.43. The second kappa shape index (κ2) is 12.1. The van der Waals surface area contributed by atoms with Gasteiger partial charge in [-0.1, -0.05) is 15.9 Å². The molecule has 1 aliphatic rings. The molecule has 2 heterocycles. The van der Waals surface area contributed by atoms with Gasteiger partial charge in [0, 0.05) is 12.6 Å². The van der Waals surface area contributed by atoms with E-state index in [1.165, 1.54) is 23.3 Å². The summed E-state index contributed by atoms with van der Waals surface area (Å²) >= 11 is 2.90. The van der Waals surface area contributed by atoms with Crippen molar-refractivity contribution >= 4 is 28.0 Å². The number of carbonyl (C=O) groups excluding carboxylic acids is 1. The van der Waals surface area contributed by atoms with Crippen LogP contribution in [-0.2, 0) is 9.53 Å². The minimum atomic E-state index is -1.33. The number of aliphatic hydroxyl groups excluding tert-OH is 6. The van der Waals surface area contributed by atoms with Crippen molar-refractivity contribution in [2.24, 2.45) is 0 Å². The second-order valence-corrected chi connectivity index (χ2v) is 6.57. The van der Waals surface area contributed by atoms with E-state index in [-0.39, 0.29) is 12.2 Å². The summed E-state index contributed by atoms with van der Waals surface area (Å²) in [5.41, 5.74) is 4.63. The molecule has 0 spiro atoms. The van der Waals surface area contributed by atoms with E-state index in [1.54, 1.807) is 0 Å². The molecule has 1 aromatic rings. The Morgan fingerprint density at radius 3 is 2.45 bits per heavy atom. The average Bonchev–Trinajstić information content (AvgIpc) is 2.96. The number of nitrogens with zero attached hydrogens (tertiary/aromatic N) is 2. The van der Waals surface area contributed by atoms with Gasteiger partial charge in [-0.05, 0) is 17.1 Å². The van der Waals surface area contributed by atoms with Crippen LogP contribution >= 0.6 is 15.9 Å². The van der Waals surface area contributed by atoms with Gasteiger partial charge in [0.05, 0.1) is 12.7 Å². The van der Waals surface area contributed by atoms with Gasteiger partial charge in [0.2, 0.25) is 0 Å². The number of carbonyl (C=O) groups is 1. The molecule has 2 rings (SSSR count). The Morgan fingerprint density at radius 2 is 1.97 bits per heavy atom. The van der Waals surface area contributed by atoms with Gasteiger partial charge in [-0.15, -0.1) is 0 Å². The molecule has 0 aliphatic carbocycles. The number of hydrogen-bond donors (Lipinski definition) is 7. The highest BCUT2D eigenvalue weighted by Crippen LogP contribution is 2.27. The first kappa shape index (κ1) is 25.3. The minimum Gasteiger partial charge on any atom is -0.394 e. The summed E-state index contributed by atoms with van der Waals surface area (Å²) in [6.45, 7) is -0.453. The van der Waals surface area contributed by atoms with Gasteiger partial charge in [-0.2, -0.15) is 4.98 Å². The maximum Gasteiger partial charge on any atom is 0.351 e. The number of anilines is 1. The molecule has 1 saturated heterocycles. The second-order valence-electron chi connectivity index (χ2n) is 6.04. The van der Waals surface area contributed by atoms with Crippen LogP contribution in [-0.4, -0.2) is 89.7 Å². The van der Waals surface area contributed by atoms with Crippen molar-refractivity contribution in [3.63, 3.8) is 0 Å². The largest absolute Gasteiger partial charge is 0.394 e. The Bertz CT molecular complexity index is 732. The van der Waals surface area contributed by atoms with Crippen molar-refractivity contribution < 1.29 is 40.2 Å². The number of halogens is 1. The Balaban J connectivity index is 0.000000311. The topological polar surface area (TPSA) is 209 Å². The van der Waals surface area contributed by atoms with Crippen LogP contribution in [0.25, 0.3) is 0 Å². The third-order valence-corrected chi connectivity index (χ3v) is 4.30. The fourth-order valence-corrected chi connectivity index (χ4v) is 2.70. The first-order valence-electron chi connectivity index (χ1n) is 8.39. The van der Waals surface area contributed by atoms with E-state index in [0.717, 1.165) is 4.57 Å². The zero-order valence-electron chi connectivity index (χ0n) is 15.1. The third-order valence-electron chi connectivity index (χ3n) is 3.99. The molecule has 1 aliphatic heterocycles. The van der Waals surface area contributed by atoms with Crippen molar-refractivity contribution in [3.8, 4) is 0 Å². The predicted molar refractivity (Wildman–Crippen MR) is 103 cm³/mol. The number of aromatic nitrogens is 2. The molecule has 1 aromatic heterocycles. The van der Waals surface area contributed by atoms with E-state index in [1.807, 2.05) is 0 Å². The molecule has 8 N–H and O–H groups in total. The summed E-state index contributed by atoms with van der Waals surface area (Å²) < 4.78 is 6.19. The fraction of sp³-hybridized carbons (Fsp3) is 0.562. The summed E-state index contributed by atoms with van der Waals surface area (Å²) in [7, 11) is 0. The molecule has 13 heteroatoms. The number of rotatable bonds is 7. The third kappa shape index (κ3) is 6.94. The number of aldehydes is 1. The van der Waals surface area contributed by atoms with Crippen LogP contribution in [0.1, 0.15) is 12.6 Å². The van der Waals surface area contributed by atoms with Crippen LogP contribution in [0.3, 0.4) is 0 Å². The Morgan fingerprint density at radius 1 is 1.31 bits per heavy atom. The van der Waals surface area contributed by atoms with Crippen molar-refractivity contribution in [1.29, 1.82) is 0 Å². The molecular weight excluding hydrogens is 458 g/mol. The zero-order valence-corrected chi connectivity index (χ0v) is 16.7. The lowest BCUT2D eigenvalue weighted by Gasteiger charge is -2.18. The number of ether oxygens (including phenoxy) is 1. The molecule has 164 valence electrons. The number of hydrogen-bond acceptors (Lipinski definition) is 11. The molecule has 0 saturated carbocycles. The SMILES string of the molecule is Nc1ccn([C@@H]2O[C@H](CO)[C@@H](O)[C@H]2O)c(=O)n1.O=CCC(O)C(O)C(O)C=CBr. The van der Waals surface area contributed by atoms with Gasteiger partial charge < -0.3 is 45.9 Å². The van der Waals surface area contributed by atoms with E-state index in [2.05, 4.69) is 20.9 Å². The molecule has 7 atom stereocenters. The van der Waals surface area contributed by atoms with E-state index in [0.29, 0.717) is 6.29 Å². The van der Waals surface area contributed by atoms with Crippen molar-refractivity contribution in [2.75, 3.05) is 12.3 Å². The maximum atomic E-state index is 11.5. The van der Waals surface area contributed by atoms with E-state index >= 15 is 0 Å². The first-order chi connectivity index (χ1) is 13.7. The molecule has 0 amide bonds. The van der Waals surface area contributed by atoms with Crippen molar-refractivity contribution in [3.05, 3.63) is 33.8 Å². The number of nitrogen functional groups attached to an aromatic ring is 1. The average molecular weight is 482 g/mol. The monoisotopic (exact) mass is 481 g/mol. The molecule has 0 aromatic carbocycles. The normalized spacial score (nSPS) is 27.1. The van der Waals surface area contributed by atoms with E-state index in [4.69, 9.17) is 30.9 Å². The maximum absolute atomic E-state index is 11.5. The highest BCUT2D eigenvalue weighted by atomic mass is 79.9. The van der Waals surface area contributed by atoms with Crippen molar-refractivity contribution in [2.45, 2.75) is 49.3 Å². The predicted octanol–water partition coefficient (Wildman–Crippen LogP) is -3.00. The summed E-state index contributed by atoms with van der Waals surface area (Å²) in [6.07, 6.45) is -5.42. The lowest BCUT2D eigenvalue weighted by Crippen LogP contribution is -2.36. The van der Waals surface area contributed by atoms with E-state index in [9.17, 15) is 19.8 Å². The standard InChI is InChI=1S/C9H13N3O5.C7H11BrO4/c10-5-1-2-12(9(16)11-5)8-7(15)6(14)4(3-13)17-8;8-3-1-5(10)7(12)6(11)2-4-9/h1-2,4,6-8,13-15H,3H2,(H2,10,11,16);1,3-7,10-12H,2H2/t4-,6-,7-,8-;/m1./s1. The molecular formula is C16H24BrN3O9. The molecule has 29 heavy (non-hydrogen) atoms. The molecule has 0 radical (unpaired) electrons. The Hall–Kier alpha value is -1.71. The summed E-state index contributed by atoms with van der Waals surface area (Å²) in [4.78, 5) is 26.3. The van der Waals surface area contributed by atoms with Crippen LogP contribution in [0.5, 0.6) is 0 Å². The zero-order chi connectivity index (χ0) is 22.1. The van der Waals surface area contributed by atoms with Crippen LogP contribution in [0, 0.1) is 0 Å². The van der Waals surface area contributed by atoms with Crippen LogP contribution in [0.15, 0.2) is 28.1 Å². The first-order valence-corrected chi connectivity index (χ1v) is 9.31. The van der Waals surface area contributed by atoms with E-state index < -0.39 is 55.1 Å². The van der Waals surface area contributed by atoms with Gasteiger partial charge in [-0.3, -0.25) is 4.57 Å². The summed E-state index contributed by atoms with van der Waals surface area (Å²) in [6, 6.07) is 1.37. The van der Waals surface area contributed by atoms with Gasteiger partial charge >= 0.3 is 5.69 Å². The molecule has 0 bridgehead atoms. The highest BCUT2D eigenvalue weighted by molar-refractivity contribution is 9.11. The van der Waals surface area contributed by atoms with Gasteiger partial charge in [0.25, 0.3) is 0 Å². The quantitative estimate of drug-likeness (QED) is 0.195. The van der Waals surface area contributed by atoms with Crippen LogP contribution < -0.4 is 11.4 Å². The lowest BCUT2D eigenvalue weighted by molar-refractivity contribution is -0.112. The Labute approximate surface area is 173 Å². The smallest absolute Gasteiger partial charge is 0.351 e. The van der Waals surface area contributed by atoms with Crippen LogP contribution in [0.2, 0.25) is 0 Å². The molecule has 3 unspecified atom stereocenters. The Kier molecular flexibility index (Phi) is 10.6. The molecule has 1 fully saturated rings. The molecule has 12 nitrogen and oxygen atoms in total.